The van der Waals surface area contributed by atoms with Gasteiger partial charge in [0.05, 0.1) is 6.04 Å². The molecule has 1 aliphatic rings. The minimum absolute atomic E-state index is 0. The van der Waals surface area contributed by atoms with Crippen molar-refractivity contribution in [2.75, 3.05) is 6.54 Å². The normalized spacial score (nSPS) is 17.5. The summed E-state index contributed by atoms with van der Waals surface area (Å²) in [6, 6.07) is 12.1. The number of carbonyl (C=O) groups excluding carboxylic acids is 3. The molecule has 3 amide bonds. The number of amides is 3. The van der Waals surface area contributed by atoms with Crippen LogP contribution < -0.4 is 16.4 Å². The molecule has 174 valence electrons. The first kappa shape index (κ1) is 25.6. The summed E-state index contributed by atoms with van der Waals surface area (Å²) in [7, 11) is 0. The standard InChI is InChI=1S/C24H32N4O3.ClH/c1-15(2)21(27-22(29)16(3)25)24(31)28-13-7-12-20(28)23(30)26-14-18-10-6-9-17-8-4-5-11-19(17)18;/h4-6,8-11,15-16,20-21H,7,12-14,25H2,1-3H3,(H,26,30)(H,27,29);1H/t16-,20-,21-;/m0./s1. The summed E-state index contributed by atoms with van der Waals surface area (Å²) in [5, 5.41) is 7.97. The van der Waals surface area contributed by atoms with E-state index in [1.54, 1.807) is 11.8 Å². The number of rotatable bonds is 7. The molecule has 3 atom stereocenters. The van der Waals surface area contributed by atoms with Crippen molar-refractivity contribution in [2.24, 2.45) is 11.7 Å². The zero-order valence-corrected chi connectivity index (χ0v) is 19.7. The Labute approximate surface area is 195 Å². The lowest BCUT2D eigenvalue weighted by atomic mass is 10.0. The first-order chi connectivity index (χ1) is 14.8. The van der Waals surface area contributed by atoms with Crippen LogP contribution in [0.2, 0.25) is 0 Å². The molecule has 32 heavy (non-hydrogen) atoms. The topological polar surface area (TPSA) is 105 Å². The summed E-state index contributed by atoms with van der Waals surface area (Å²) in [6.07, 6.45) is 1.36. The van der Waals surface area contributed by atoms with E-state index in [9.17, 15) is 14.4 Å². The molecule has 0 bridgehead atoms. The lowest BCUT2D eigenvalue weighted by Crippen LogP contribution is -2.56. The van der Waals surface area contributed by atoms with E-state index >= 15 is 0 Å². The van der Waals surface area contributed by atoms with Crippen LogP contribution in [0.1, 0.15) is 39.2 Å². The highest BCUT2D eigenvalue weighted by atomic mass is 35.5. The first-order valence-electron chi connectivity index (χ1n) is 10.9. The molecule has 1 fully saturated rings. The van der Waals surface area contributed by atoms with E-state index in [1.165, 1.54) is 0 Å². The fraction of sp³-hybridized carbons (Fsp3) is 0.458. The number of nitrogens with one attached hydrogen (secondary N) is 2. The van der Waals surface area contributed by atoms with Crippen molar-refractivity contribution in [3.8, 4) is 0 Å². The van der Waals surface area contributed by atoms with Gasteiger partial charge in [0, 0.05) is 13.1 Å². The van der Waals surface area contributed by atoms with Crippen LogP contribution in [-0.4, -0.2) is 47.3 Å². The highest BCUT2D eigenvalue weighted by molar-refractivity contribution is 5.93. The molecule has 0 radical (unpaired) electrons. The maximum absolute atomic E-state index is 13.2. The molecule has 0 aliphatic carbocycles. The number of nitrogens with zero attached hydrogens (tertiary/aromatic N) is 1. The van der Waals surface area contributed by atoms with Gasteiger partial charge in [0.2, 0.25) is 17.7 Å². The van der Waals surface area contributed by atoms with E-state index in [-0.39, 0.29) is 36.0 Å². The summed E-state index contributed by atoms with van der Waals surface area (Å²) >= 11 is 0. The van der Waals surface area contributed by atoms with Gasteiger partial charge in [-0.3, -0.25) is 14.4 Å². The predicted octanol–water partition coefficient (Wildman–Crippen LogP) is 2.36. The third kappa shape index (κ3) is 5.78. The highest BCUT2D eigenvalue weighted by Crippen LogP contribution is 2.22. The molecule has 0 aromatic heterocycles. The first-order valence-corrected chi connectivity index (χ1v) is 10.9. The second kappa shape index (κ2) is 11.3. The van der Waals surface area contributed by atoms with Crippen LogP contribution in [0.15, 0.2) is 42.5 Å². The molecule has 2 aromatic carbocycles. The Morgan fingerprint density at radius 1 is 1.09 bits per heavy atom. The van der Waals surface area contributed by atoms with Crippen molar-refractivity contribution in [1.82, 2.24) is 15.5 Å². The SMILES string of the molecule is CC(C)[C@H](NC(=O)[C@H](C)N)C(=O)N1CCC[C@H]1C(=O)NCc1cccc2ccccc12.Cl. The number of fused-ring (bicyclic) bond motifs is 1. The second-order valence-electron chi connectivity index (χ2n) is 8.56. The van der Waals surface area contributed by atoms with Gasteiger partial charge in [0.1, 0.15) is 12.1 Å². The molecule has 0 spiro atoms. The van der Waals surface area contributed by atoms with Gasteiger partial charge in [-0.05, 0) is 42.0 Å². The number of likely N-dealkylation sites (tertiary alicyclic amines) is 1. The number of hydrogen-bond acceptors (Lipinski definition) is 4. The number of carbonyl (C=O) groups is 3. The average Bonchev–Trinajstić information content (AvgIpc) is 3.24. The van der Waals surface area contributed by atoms with Crippen LogP contribution >= 0.6 is 12.4 Å². The summed E-state index contributed by atoms with van der Waals surface area (Å²) < 4.78 is 0. The Hall–Kier alpha value is -2.64. The molecule has 0 saturated carbocycles. The van der Waals surface area contributed by atoms with Crippen molar-refractivity contribution < 1.29 is 14.4 Å². The summed E-state index contributed by atoms with van der Waals surface area (Å²) in [6.45, 7) is 6.22. The number of hydrogen-bond donors (Lipinski definition) is 3. The van der Waals surface area contributed by atoms with E-state index in [4.69, 9.17) is 5.73 Å². The minimum atomic E-state index is -0.704. The monoisotopic (exact) mass is 460 g/mol. The Kier molecular flexibility index (Phi) is 9.04. The van der Waals surface area contributed by atoms with Crippen LogP contribution in [0.5, 0.6) is 0 Å². The quantitative estimate of drug-likeness (QED) is 0.589. The Morgan fingerprint density at radius 2 is 1.78 bits per heavy atom. The van der Waals surface area contributed by atoms with E-state index in [0.717, 1.165) is 22.8 Å². The molecule has 1 saturated heterocycles. The maximum Gasteiger partial charge on any atom is 0.246 e. The number of halogens is 1. The van der Waals surface area contributed by atoms with Crippen molar-refractivity contribution in [1.29, 1.82) is 0 Å². The van der Waals surface area contributed by atoms with Crippen molar-refractivity contribution in [3.63, 3.8) is 0 Å². The zero-order valence-electron chi connectivity index (χ0n) is 18.8. The molecule has 4 N–H and O–H groups in total. The Balaban J connectivity index is 0.00000363. The zero-order chi connectivity index (χ0) is 22.5. The van der Waals surface area contributed by atoms with Crippen LogP contribution in [0.25, 0.3) is 10.8 Å². The summed E-state index contributed by atoms with van der Waals surface area (Å²) in [5.41, 5.74) is 6.68. The third-order valence-electron chi connectivity index (χ3n) is 5.82. The van der Waals surface area contributed by atoms with Crippen LogP contribution in [-0.2, 0) is 20.9 Å². The molecule has 7 nitrogen and oxygen atoms in total. The van der Waals surface area contributed by atoms with Crippen molar-refractivity contribution in [3.05, 3.63) is 48.0 Å². The smallest absolute Gasteiger partial charge is 0.246 e. The van der Waals surface area contributed by atoms with E-state index in [0.29, 0.717) is 19.5 Å². The van der Waals surface area contributed by atoms with Gasteiger partial charge in [-0.15, -0.1) is 12.4 Å². The molecular formula is C24H33ClN4O3. The second-order valence-corrected chi connectivity index (χ2v) is 8.56. The van der Waals surface area contributed by atoms with E-state index in [2.05, 4.69) is 10.6 Å². The van der Waals surface area contributed by atoms with Gasteiger partial charge in [0.15, 0.2) is 0 Å². The minimum Gasteiger partial charge on any atom is -0.350 e. The fourth-order valence-electron chi connectivity index (χ4n) is 4.03. The molecule has 1 aliphatic heterocycles. The number of benzene rings is 2. The predicted molar refractivity (Wildman–Crippen MR) is 128 cm³/mol. The van der Waals surface area contributed by atoms with Crippen LogP contribution in [0.4, 0.5) is 0 Å². The van der Waals surface area contributed by atoms with Crippen LogP contribution in [0.3, 0.4) is 0 Å². The lowest BCUT2D eigenvalue weighted by Gasteiger charge is -2.31. The summed E-state index contributed by atoms with van der Waals surface area (Å²) in [5.74, 6) is -0.884. The van der Waals surface area contributed by atoms with Crippen molar-refractivity contribution in [2.45, 2.75) is 58.3 Å². The third-order valence-corrected chi connectivity index (χ3v) is 5.82. The molecule has 8 heteroatoms. The Morgan fingerprint density at radius 3 is 2.47 bits per heavy atom. The molecule has 3 rings (SSSR count). The van der Waals surface area contributed by atoms with Crippen LogP contribution in [0, 0.1) is 5.92 Å². The van der Waals surface area contributed by atoms with Crippen molar-refractivity contribution >= 4 is 40.9 Å². The fourth-order valence-corrected chi connectivity index (χ4v) is 4.03. The Bertz CT molecular complexity index is 958. The molecular weight excluding hydrogens is 428 g/mol. The highest BCUT2D eigenvalue weighted by Gasteiger charge is 2.38. The van der Waals surface area contributed by atoms with E-state index < -0.39 is 18.1 Å². The lowest BCUT2D eigenvalue weighted by molar-refractivity contribution is -0.142. The van der Waals surface area contributed by atoms with Gasteiger partial charge < -0.3 is 21.3 Å². The molecule has 1 heterocycles. The van der Waals surface area contributed by atoms with Gasteiger partial charge >= 0.3 is 0 Å². The maximum atomic E-state index is 13.2. The van der Waals surface area contributed by atoms with Gasteiger partial charge in [0.25, 0.3) is 0 Å². The van der Waals surface area contributed by atoms with Gasteiger partial charge in [-0.2, -0.15) is 0 Å². The van der Waals surface area contributed by atoms with Gasteiger partial charge in [-0.1, -0.05) is 56.3 Å². The summed E-state index contributed by atoms with van der Waals surface area (Å²) in [4.78, 5) is 39.9. The average molecular weight is 461 g/mol. The molecule has 0 unspecified atom stereocenters. The van der Waals surface area contributed by atoms with Gasteiger partial charge in [-0.25, -0.2) is 0 Å². The molecule has 2 aromatic rings. The largest absolute Gasteiger partial charge is 0.350 e. The number of nitrogens with two attached hydrogens (primary N) is 1. The van der Waals surface area contributed by atoms with E-state index in [1.807, 2.05) is 56.3 Å².